The third kappa shape index (κ3) is 2.90. The summed E-state index contributed by atoms with van der Waals surface area (Å²) >= 11 is 0. The number of nitrogens with one attached hydrogen (secondary N) is 1. The number of benzene rings is 1. The van der Waals surface area contributed by atoms with Crippen LogP contribution in [-0.4, -0.2) is 12.1 Å². The molecule has 1 aliphatic carbocycles. The van der Waals surface area contributed by atoms with E-state index >= 15 is 0 Å². The number of aryl methyl sites for hydroxylation is 1. The van der Waals surface area contributed by atoms with Gasteiger partial charge in [0.2, 0.25) is 0 Å². The lowest BCUT2D eigenvalue weighted by atomic mass is 9.94. The largest absolute Gasteiger partial charge is 0.312 e. The minimum Gasteiger partial charge on any atom is -0.312 e. The SMILES string of the molecule is Cc1cccc(C2(C)CC2CNC(C)(C)C)c1. The van der Waals surface area contributed by atoms with Crippen LogP contribution in [0.25, 0.3) is 0 Å². The average Bonchev–Trinajstić information content (AvgIpc) is 2.88. The molecule has 2 rings (SSSR count). The van der Waals surface area contributed by atoms with Gasteiger partial charge in [0, 0.05) is 5.54 Å². The van der Waals surface area contributed by atoms with Gasteiger partial charge in [-0.05, 0) is 57.6 Å². The minimum absolute atomic E-state index is 0.232. The van der Waals surface area contributed by atoms with Crippen LogP contribution in [0.2, 0.25) is 0 Å². The van der Waals surface area contributed by atoms with E-state index in [1.54, 1.807) is 0 Å². The van der Waals surface area contributed by atoms with Gasteiger partial charge in [-0.15, -0.1) is 0 Å². The van der Waals surface area contributed by atoms with Crippen LogP contribution >= 0.6 is 0 Å². The van der Waals surface area contributed by atoms with Crippen molar-refractivity contribution in [2.45, 2.75) is 52.0 Å². The fourth-order valence-corrected chi connectivity index (χ4v) is 2.53. The van der Waals surface area contributed by atoms with Gasteiger partial charge >= 0.3 is 0 Å². The average molecular weight is 231 g/mol. The van der Waals surface area contributed by atoms with Crippen LogP contribution in [-0.2, 0) is 5.41 Å². The third-order valence-electron chi connectivity index (χ3n) is 3.97. The lowest BCUT2D eigenvalue weighted by Gasteiger charge is -2.22. The molecule has 0 saturated heterocycles. The van der Waals surface area contributed by atoms with E-state index in [-0.39, 0.29) is 5.54 Å². The Balaban J connectivity index is 2.00. The van der Waals surface area contributed by atoms with Crippen LogP contribution < -0.4 is 5.32 Å². The van der Waals surface area contributed by atoms with Crippen molar-refractivity contribution in [2.75, 3.05) is 6.54 Å². The van der Waals surface area contributed by atoms with Crippen molar-refractivity contribution in [2.24, 2.45) is 5.92 Å². The standard InChI is InChI=1S/C16H25N/c1-12-7-6-8-13(9-12)16(5)10-14(16)11-17-15(2,3)4/h6-9,14,17H,10-11H2,1-5H3. The van der Waals surface area contributed by atoms with Crippen molar-refractivity contribution < 1.29 is 0 Å². The maximum atomic E-state index is 3.62. The minimum atomic E-state index is 0.232. The molecule has 17 heavy (non-hydrogen) atoms. The monoisotopic (exact) mass is 231 g/mol. The first-order chi connectivity index (χ1) is 7.81. The van der Waals surface area contributed by atoms with Gasteiger partial charge in [0.25, 0.3) is 0 Å². The Morgan fingerprint density at radius 3 is 2.65 bits per heavy atom. The Morgan fingerprint density at radius 1 is 1.35 bits per heavy atom. The van der Waals surface area contributed by atoms with E-state index in [0.717, 1.165) is 12.5 Å². The normalized spacial score (nSPS) is 28.2. The summed E-state index contributed by atoms with van der Waals surface area (Å²) in [6.45, 7) is 12.4. The van der Waals surface area contributed by atoms with Gasteiger partial charge in [0.1, 0.15) is 0 Å². The van der Waals surface area contributed by atoms with Crippen molar-refractivity contribution in [3.8, 4) is 0 Å². The molecule has 2 unspecified atom stereocenters. The molecule has 1 N–H and O–H groups in total. The van der Waals surface area contributed by atoms with Crippen LogP contribution in [0.5, 0.6) is 0 Å². The Hall–Kier alpha value is -0.820. The maximum Gasteiger partial charge on any atom is 0.00966 e. The predicted molar refractivity (Wildman–Crippen MR) is 74.4 cm³/mol. The van der Waals surface area contributed by atoms with E-state index < -0.39 is 0 Å². The van der Waals surface area contributed by atoms with Gasteiger partial charge in [-0.2, -0.15) is 0 Å². The van der Waals surface area contributed by atoms with Crippen molar-refractivity contribution in [1.82, 2.24) is 5.32 Å². The van der Waals surface area contributed by atoms with Gasteiger partial charge in [-0.25, -0.2) is 0 Å². The summed E-state index contributed by atoms with van der Waals surface area (Å²) in [7, 11) is 0. The summed E-state index contributed by atoms with van der Waals surface area (Å²) in [6.07, 6.45) is 1.32. The topological polar surface area (TPSA) is 12.0 Å². The molecule has 1 saturated carbocycles. The Kier molecular flexibility index (Phi) is 3.07. The highest BCUT2D eigenvalue weighted by Gasteiger charge is 2.50. The van der Waals surface area contributed by atoms with Gasteiger partial charge in [0.15, 0.2) is 0 Å². The zero-order chi connectivity index (χ0) is 12.7. The van der Waals surface area contributed by atoms with E-state index in [1.165, 1.54) is 17.5 Å². The zero-order valence-corrected chi connectivity index (χ0v) is 11.8. The second-order valence-corrected chi connectivity index (χ2v) is 6.82. The van der Waals surface area contributed by atoms with Crippen LogP contribution in [0.3, 0.4) is 0 Å². The molecule has 0 amide bonds. The van der Waals surface area contributed by atoms with E-state index in [0.29, 0.717) is 5.41 Å². The molecule has 1 nitrogen and oxygen atoms in total. The third-order valence-corrected chi connectivity index (χ3v) is 3.97. The first-order valence-corrected chi connectivity index (χ1v) is 6.63. The smallest absolute Gasteiger partial charge is 0.00966 e. The first-order valence-electron chi connectivity index (χ1n) is 6.63. The molecule has 1 fully saturated rings. The zero-order valence-electron chi connectivity index (χ0n) is 11.8. The highest BCUT2D eigenvalue weighted by Crippen LogP contribution is 2.53. The number of hydrogen-bond acceptors (Lipinski definition) is 1. The van der Waals surface area contributed by atoms with Crippen LogP contribution in [0.15, 0.2) is 24.3 Å². The molecule has 1 aromatic carbocycles. The molecule has 0 aromatic heterocycles. The van der Waals surface area contributed by atoms with Crippen molar-refractivity contribution >= 4 is 0 Å². The van der Waals surface area contributed by atoms with Gasteiger partial charge in [-0.3, -0.25) is 0 Å². The van der Waals surface area contributed by atoms with E-state index in [2.05, 4.69) is 64.2 Å². The molecular formula is C16H25N. The Labute approximate surface area is 106 Å². The quantitative estimate of drug-likeness (QED) is 0.837. The summed E-state index contributed by atoms with van der Waals surface area (Å²) in [5.41, 5.74) is 3.52. The number of hydrogen-bond donors (Lipinski definition) is 1. The predicted octanol–water partition coefficient (Wildman–Crippen LogP) is 3.66. The summed E-state index contributed by atoms with van der Waals surface area (Å²) in [5.74, 6) is 0.795. The molecule has 0 heterocycles. The molecular weight excluding hydrogens is 206 g/mol. The fourth-order valence-electron chi connectivity index (χ4n) is 2.53. The Bertz CT molecular complexity index is 402. The second kappa shape index (κ2) is 4.13. The molecule has 1 aromatic rings. The van der Waals surface area contributed by atoms with E-state index in [9.17, 15) is 0 Å². The van der Waals surface area contributed by atoms with Crippen molar-refractivity contribution in [1.29, 1.82) is 0 Å². The lowest BCUT2D eigenvalue weighted by molar-refractivity contribution is 0.406. The van der Waals surface area contributed by atoms with Crippen LogP contribution in [0.1, 0.15) is 45.2 Å². The molecule has 0 bridgehead atoms. The van der Waals surface area contributed by atoms with Gasteiger partial charge in [-0.1, -0.05) is 36.8 Å². The maximum absolute atomic E-state index is 3.62. The lowest BCUT2D eigenvalue weighted by Crippen LogP contribution is -2.37. The molecule has 0 radical (unpaired) electrons. The van der Waals surface area contributed by atoms with Gasteiger partial charge < -0.3 is 5.32 Å². The van der Waals surface area contributed by atoms with Crippen LogP contribution in [0.4, 0.5) is 0 Å². The van der Waals surface area contributed by atoms with Crippen molar-refractivity contribution in [3.05, 3.63) is 35.4 Å². The molecule has 0 aliphatic heterocycles. The first kappa shape index (κ1) is 12.6. The van der Waals surface area contributed by atoms with Gasteiger partial charge in [0.05, 0.1) is 0 Å². The Morgan fingerprint density at radius 2 is 2.06 bits per heavy atom. The summed E-state index contributed by atoms with van der Waals surface area (Å²) < 4.78 is 0. The molecule has 1 heteroatoms. The second-order valence-electron chi connectivity index (χ2n) is 6.82. The summed E-state index contributed by atoms with van der Waals surface area (Å²) in [6, 6.07) is 8.99. The van der Waals surface area contributed by atoms with Crippen molar-refractivity contribution in [3.63, 3.8) is 0 Å². The molecule has 94 valence electrons. The summed E-state index contributed by atoms with van der Waals surface area (Å²) in [4.78, 5) is 0. The van der Waals surface area contributed by atoms with E-state index in [1.807, 2.05) is 0 Å². The molecule has 2 atom stereocenters. The number of rotatable bonds is 3. The highest BCUT2D eigenvalue weighted by molar-refractivity contribution is 5.35. The summed E-state index contributed by atoms with van der Waals surface area (Å²) in [5, 5.41) is 3.62. The fraction of sp³-hybridized carbons (Fsp3) is 0.625. The van der Waals surface area contributed by atoms with E-state index in [4.69, 9.17) is 0 Å². The molecule has 1 aliphatic rings. The van der Waals surface area contributed by atoms with Crippen LogP contribution in [0, 0.1) is 12.8 Å². The highest BCUT2D eigenvalue weighted by atomic mass is 15.0. The molecule has 0 spiro atoms.